The highest BCUT2D eigenvalue weighted by Crippen LogP contribution is 2.20. The van der Waals surface area contributed by atoms with Crippen LogP contribution in [0.3, 0.4) is 0 Å². The zero-order valence-corrected chi connectivity index (χ0v) is 13.0. The Morgan fingerprint density at radius 3 is 2.38 bits per heavy atom. The SMILES string of the molecule is Cc1cc(Cl)ccc1NC(=O)C(=O)NC1CCCCCC1. The molecule has 2 amide bonds. The van der Waals surface area contributed by atoms with E-state index in [1.165, 1.54) is 12.8 Å². The minimum Gasteiger partial charge on any atom is -0.345 e. The molecule has 2 rings (SSSR count). The van der Waals surface area contributed by atoms with Gasteiger partial charge in [0.15, 0.2) is 0 Å². The van der Waals surface area contributed by atoms with Gasteiger partial charge in [-0.15, -0.1) is 0 Å². The van der Waals surface area contributed by atoms with Gasteiger partial charge in [-0.05, 0) is 43.5 Å². The summed E-state index contributed by atoms with van der Waals surface area (Å²) in [5.41, 5.74) is 1.44. The first-order chi connectivity index (χ1) is 10.1. The van der Waals surface area contributed by atoms with Gasteiger partial charge < -0.3 is 10.6 Å². The summed E-state index contributed by atoms with van der Waals surface area (Å²) in [5, 5.41) is 6.07. The van der Waals surface area contributed by atoms with Gasteiger partial charge in [0.1, 0.15) is 0 Å². The predicted octanol–water partition coefficient (Wildman–Crippen LogP) is 3.43. The number of amides is 2. The summed E-state index contributed by atoms with van der Waals surface area (Å²) in [4.78, 5) is 23.9. The van der Waals surface area contributed by atoms with E-state index < -0.39 is 11.8 Å². The monoisotopic (exact) mass is 308 g/mol. The average molecular weight is 309 g/mol. The molecule has 0 unspecified atom stereocenters. The van der Waals surface area contributed by atoms with Crippen LogP contribution >= 0.6 is 11.6 Å². The number of hydrogen-bond donors (Lipinski definition) is 2. The maximum absolute atomic E-state index is 12.0. The van der Waals surface area contributed by atoms with Crippen LogP contribution in [0, 0.1) is 6.92 Å². The first-order valence-corrected chi connectivity index (χ1v) is 7.82. The number of halogens is 1. The van der Waals surface area contributed by atoms with Crippen molar-refractivity contribution in [1.82, 2.24) is 5.32 Å². The smallest absolute Gasteiger partial charge is 0.313 e. The number of rotatable bonds is 2. The van der Waals surface area contributed by atoms with Crippen LogP contribution in [0.4, 0.5) is 5.69 Å². The molecule has 1 aliphatic rings. The van der Waals surface area contributed by atoms with Crippen molar-refractivity contribution in [3.63, 3.8) is 0 Å². The number of carbonyl (C=O) groups excluding carboxylic acids is 2. The Bertz CT molecular complexity index is 523. The molecule has 0 aromatic heterocycles. The Kier molecular flexibility index (Phi) is 5.62. The second kappa shape index (κ2) is 7.46. The summed E-state index contributed by atoms with van der Waals surface area (Å²) in [5.74, 6) is -1.18. The Labute approximate surface area is 130 Å². The second-order valence-electron chi connectivity index (χ2n) is 5.58. The molecule has 114 valence electrons. The molecule has 0 saturated heterocycles. The lowest BCUT2D eigenvalue weighted by Crippen LogP contribution is -2.41. The first-order valence-electron chi connectivity index (χ1n) is 7.44. The average Bonchev–Trinajstić information content (AvgIpc) is 2.70. The summed E-state index contributed by atoms with van der Waals surface area (Å²) < 4.78 is 0. The zero-order valence-electron chi connectivity index (χ0n) is 12.2. The van der Waals surface area contributed by atoms with Crippen LogP contribution in [0.15, 0.2) is 18.2 Å². The summed E-state index contributed by atoms with van der Waals surface area (Å²) in [6.45, 7) is 1.84. The fourth-order valence-electron chi connectivity index (χ4n) is 2.62. The van der Waals surface area contributed by atoms with E-state index in [1.54, 1.807) is 18.2 Å². The van der Waals surface area contributed by atoms with Gasteiger partial charge in [-0.1, -0.05) is 37.3 Å². The third-order valence-corrected chi connectivity index (χ3v) is 4.07. The number of carbonyl (C=O) groups is 2. The largest absolute Gasteiger partial charge is 0.345 e. The van der Waals surface area contributed by atoms with Crippen LogP contribution in [0.25, 0.3) is 0 Å². The molecule has 1 fully saturated rings. The molecule has 2 N–H and O–H groups in total. The molecule has 1 aliphatic carbocycles. The molecule has 0 bridgehead atoms. The van der Waals surface area contributed by atoms with Crippen molar-refractivity contribution in [3.05, 3.63) is 28.8 Å². The van der Waals surface area contributed by atoms with E-state index in [0.717, 1.165) is 31.2 Å². The van der Waals surface area contributed by atoms with Gasteiger partial charge in [0, 0.05) is 16.8 Å². The van der Waals surface area contributed by atoms with Gasteiger partial charge in [-0.25, -0.2) is 0 Å². The molecule has 0 radical (unpaired) electrons. The van der Waals surface area contributed by atoms with E-state index in [0.29, 0.717) is 10.7 Å². The third kappa shape index (κ3) is 4.74. The molecule has 0 atom stereocenters. The highest BCUT2D eigenvalue weighted by molar-refractivity contribution is 6.39. The maximum Gasteiger partial charge on any atom is 0.313 e. The van der Waals surface area contributed by atoms with Crippen molar-refractivity contribution in [2.45, 2.75) is 51.5 Å². The first kappa shape index (κ1) is 15.8. The van der Waals surface area contributed by atoms with Crippen LogP contribution in [0.2, 0.25) is 5.02 Å². The van der Waals surface area contributed by atoms with Gasteiger partial charge in [0.2, 0.25) is 0 Å². The maximum atomic E-state index is 12.0. The van der Waals surface area contributed by atoms with Gasteiger partial charge in [-0.2, -0.15) is 0 Å². The number of aryl methyl sites for hydroxylation is 1. The fourth-order valence-corrected chi connectivity index (χ4v) is 2.85. The minimum atomic E-state index is -0.621. The van der Waals surface area contributed by atoms with Crippen molar-refractivity contribution in [2.24, 2.45) is 0 Å². The van der Waals surface area contributed by atoms with Crippen LogP contribution in [-0.4, -0.2) is 17.9 Å². The number of nitrogens with one attached hydrogen (secondary N) is 2. The van der Waals surface area contributed by atoms with Gasteiger partial charge >= 0.3 is 11.8 Å². The summed E-state index contributed by atoms with van der Waals surface area (Å²) in [6, 6.07) is 5.26. The van der Waals surface area contributed by atoms with Crippen LogP contribution in [0.5, 0.6) is 0 Å². The molecule has 0 aliphatic heterocycles. The van der Waals surface area contributed by atoms with Crippen LogP contribution in [-0.2, 0) is 9.59 Å². The van der Waals surface area contributed by atoms with Gasteiger partial charge in [0.05, 0.1) is 0 Å². The lowest BCUT2D eigenvalue weighted by atomic mass is 10.1. The summed E-state index contributed by atoms with van der Waals surface area (Å²) in [6.07, 6.45) is 6.56. The highest BCUT2D eigenvalue weighted by Gasteiger charge is 2.20. The molecule has 21 heavy (non-hydrogen) atoms. The molecule has 1 aromatic carbocycles. The Morgan fingerprint density at radius 2 is 1.76 bits per heavy atom. The van der Waals surface area contributed by atoms with Crippen molar-refractivity contribution in [1.29, 1.82) is 0 Å². The minimum absolute atomic E-state index is 0.122. The predicted molar refractivity (Wildman–Crippen MR) is 84.5 cm³/mol. The lowest BCUT2D eigenvalue weighted by molar-refractivity contribution is -0.136. The van der Waals surface area contributed by atoms with Crippen molar-refractivity contribution in [3.8, 4) is 0 Å². The lowest BCUT2D eigenvalue weighted by Gasteiger charge is -2.16. The molecule has 4 nitrogen and oxygen atoms in total. The highest BCUT2D eigenvalue weighted by atomic mass is 35.5. The van der Waals surface area contributed by atoms with E-state index in [9.17, 15) is 9.59 Å². The van der Waals surface area contributed by atoms with Crippen molar-refractivity contribution >= 4 is 29.1 Å². The fraction of sp³-hybridized carbons (Fsp3) is 0.500. The molecular formula is C16H21ClN2O2. The molecule has 1 saturated carbocycles. The van der Waals surface area contributed by atoms with E-state index in [-0.39, 0.29) is 6.04 Å². The van der Waals surface area contributed by atoms with E-state index >= 15 is 0 Å². The Hall–Kier alpha value is -1.55. The summed E-state index contributed by atoms with van der Waals surface area (Å²) >= 11 is 5.87. The van der Waals surface area contributed by atoms with Crippen molar-refractivity contribution in [2.75, 3.05) is 5.32 Å². The van der Waals surface area contributed by atoms with Crippen molar-refractivity contribution < 1.29 is 9.59 Å². The summed E-state index contributed by atoms with van der Waals surface area (Å²) in [7, 11) is 0. The van der Waals surface area contributed by atoms with E-state index in [1.807, 2.05) is 6.92 Å². The Morgan fingerprint density at radius 1 is 1.10 bits per heavy atom. The van der Waals surface area contributed by atoms with Gasteiger partial charge in [-0.3, -0.25) is 9.59 Å². The Balaban J connectivity index is 1.91. The topological polar surface area (TPSA) is 58.2 Å². The molecule has 0 heterocycles. The number of anilines is 1. The molecule has 0 spiro atoms. The number of hydrogen-bond acceptors (Lipinski definition) is 2. The second-order valence-corrected chi connectivity index (χ2v) is 6.01. The third-order valence-electron chi connectivity index (χ3n) is 3.83. The van der Waals surface area contributed by atoms with Crippen LogP contribution < -0.4 is 10.6 Å². The molecule has 5 heteroatoms. The zero-order chi connectivity index (χ0) is 15.2. The normalized spacial score (nSPS) is 16.1. The van der Waals surface area contributed by atoms with E-state index in [2.05, 4.69) is 10.6 Å². The standard InChI is InChI=1S/C16H21ClN2O2/c1-11-10-12(17)8-9-14(11)19-16(21)15(20)18-13-6-4-2-3-5-7-13/h8-10,13H,2-7H2,1H3,(H,18,20)(H,19,21). The number of benzene rings is 1. The molecular weight excluding hydrogens is 288 g/mol. The van der Waals surface area contributed by atoms with E-state index in [4.69, 9.17) is 11.6 Å². The quantitative estimate of drug-likeness (QED) is 0.649. The van der Waals surface area contributed by atoms with Crippen LogP contribution in [0.1, 0.15) is 44.1 Å². The van der Waals surface area contributed by atoms with Gasteiger partial charge in [0.25, 0.3) is 0 Å². The molecule has 1 aromatic rings.